The lowest BCUT2D eigenvalue weighted by atomic mass is 9.32. The largest absolute Gasteiger partial charge is 0.481 e. The van der Waals surface area contributed by atoms with E-state index in [0.29, 0.717) is 12.3 Å². The number of aliphatic carboxylic acids is 1. The summed E-state index contributed by atoms with van der Waals surface area (Å²) < 4.78 is 6.20. The Hall–Kier alpha value is -1.65. The van der Waals surface area contributed by atoms with E-state index in [2.05, 4.69) is 54.5 Å². The van der Waals surface area contributed by atoms with Crippen molar-refractivity contribution < 1.29 is 24.2 Å². The van der Waals surface area contributed by atoms with Crippen molar-refractivity contribution in [3.63, 3.8) is 0 Å². The maximum absolute atomic E-state index is 14.1. The quantitative estimate of drug-likeness (QED) is 0.256. The minimum Gasteiger partial charge on any atom is -0.481 e. The van der Waals surface area contributed by atoms with Gasteiger partial charge in [-0.3, -0.25) is 14.4 Å². The van der Waals surface area contributed by atoms with Gasteiger partial charge in [-0.1, -0.05) is 74.0 Å². The SMILES string of the molecule is CC1(C)CC[C@]2(C(=O)O)CC[C@]3(C)C(=CC[C@@H]4[C@@]5(C)CC[C@]6(OC(=O)CC(C)(C)C6=O)C(C)(C)[C@@H]5CC[C@]43C)[C@@H]2C1. The predicted octanol–water partition coefficient (Wildman–Crippen LogP) is 8.15. The maximum Gasteiger partial charge on any atom is 0.310 e. The molecule has 0 aromatic rings. The fourth-order valence-corrected chi connectivity index (χ4v) is 12.4. The van der Waals surface area contributed by atoms with Crippen molar-refractivity contribution in [1.29, 1.82) is 0 Å². The Kier molecular flexibility index (Phi) is 5.95. The van der Waals surface area contributed by atoms with Gasteiger partial charge in [0.2, 0.25) is 0 Å². The third-order valence-electron chi connectivity index (χ3n) is 15.1. The highest BCUT2D eigenvalue weighted by Crippen LogP contribution is 2.77. The smallest absolute Gasteiger partial charge is 0.310 e. The third kappa shape index (κ3) is 3.44. The molecule has 0 amide bonds. The highest BCUT2D eigenvalue weighted by molar-refractivity contribution is 6.00. The van der Waals surface area contributed by atoms with Crippen LogP contribution in [0.25, 0.3) is 0 Å². The van der Waals surface area contributed by atoms with Gasteiger partial charge in [0.25, 0.3) is 0 Å². The molecule has 4 saturated carbocycles. The van der Waals surface area contributed by atoms with Crippen molar-refractivity contribution in [3.8, 4) is 0 Å². The molecule has 0 bridgehead atoms. The number of carboxylic acid groups (broad SMARTS) is 1. The number of ketones is 1. The van der Waals surface area contributed by atoms with Gasteiger partial charge in [0.05, 0.1) is 11.8 Å². The number of carbonyl (C=O) groups excluding carboxylic acids is 2. The Morgan fingerprint density at radius 3 is 2.17 bits per heavy atom. The van der Waals surface area contributed by atoms with Gasteiger partial charge in [0.1, 0.15) is 0 Å². The molecule has 6 aliphatic rings. The molecule has 1 saturated heterocycles. The zero-order valence-corrected chi connectivity index (χ0v) is 27.2. The molecule has 0 aromatic heterocycles. The van der Waals surface area contributed by atoms with Crippen LogP contribution in [0.1, 0.15) is 133 Å². The normalized spacial score (nSPS) is 49.5. The van der Waals surface area contributed by atoms with Crippen LogP contribution < -0.4 is 0 Å². The number of ether oxygens (including phenoxy) is 1. The zero-order valence-electron chi connectivity index (χ0n) is 27.2. The number of carboxylic acids is 1. The molecule has 0 radical (unpaired) electrons. The fraction of sp³-hybridized carbons (Fsp3) is 0.861. The van der Waals surface area contributed by atoms with Gasteiger partial charge in [-0.2, -0.15) is 0 Å². The van der Waals surface area contributed by atoms with Crippen molar-refractivity contribution in [1.82, 2.24) is 0 Å². The number of allylic oxidation sites excluding steroid dienone is 2. The summed E-state index contributed by atoms with van der Waals surface area (Å²) in [6.45, 7) is 20.4. The molecule has 228 valence electrons. The van der Waals surface area contributed by atoms with E-state index >= 15 is 0 Å². The van der Waals surface area contributed by atoms with E-state index in [9.17, 15) is 19.5 Å². The van der Waals surface area contributed by atoms with Crippen LogP contribution in [0.15, 0.2) is 11.6 Å². The van der Waals surface area contributed by atoms with Gasteiger partial charge in [-0.15, -0.1) is 0 Å². The average molecular weight is 567 g/mol. The van der Waals surface area contributed by atoms with E-state index in [1.54, 1.807) is 0 Å². The maximum atomic E-state index is 14.1. The molecule has 1 heterocycles. The third-order valence-corrected chi connectivity index (χ3v) is 15.1. The molecule has 0 aromatic carbocycles. The monoisotopic (exact) mass is 566 g/mol. The topological polar surface area (TPSA) is 80.7 Å². The van der Waals surface area contributed by atoms with Crippen molar-refractivity contribution in [2.45, 2.75) is 139 Å². The lowest BCUT2D eigenvalue weighted by Gasteiger charge is -2.72. The number of hydrogen-bond donors (Lipinski definition) is 1. The molecule has 0 unspecified atom stereocenters. The fourth-order valence-electron chi connectivity index (χ4n) is 12.4. The summed E-state index contributed by atoms with van der Waals surface area (Å²) in [6.07, 6.45) is 11.6. The molecule has 5 fully saturated rings. The van der Waals surface area contributed by atoms with Crippen LogP contribution in [0.3, 0.4) is 0 Å². The number of rotatable bonds is 1. The summed E-state index contributed by atoms with van der Waals surface area (Å²) in [5, 5.41) is 10.6. The summed E-state index contributed by atoms with van der Waals surface area (Å²) in [5.41, 5.74) is -1.20. The van der Waals surface area contributed by atoms with Crippen LogP contribution >= 0.6 is 0 Å². The summed E-state index contributed by atoms with van der Waals surface area (Å²) in [4.78, 5) is 39.9. The Morgan fingerprint density at radius 2 is 1.51 bits per heavy atom. The average Bonchev–Trinajstić information content (AvgIpc) is 2.84. The van der Waals surface area contributed by atoms with E-state index in [4.69, 9.17) is 4.74 Å². The molecular weight excluding hydrogens is 512 g/mol. The molecule has 1 spiro atoms. The standard InChI is InChI=1S/C36H54O5/c1-29(2)14-17-35(28(39)40)18-16-33(8)22(23(35)20-29)10-11-25-32(7)15-19-36(27(38)30(3,4)21-26(37)41-36)31(5,6)24(32)12-13-34(25,33)9/h10,23-25H,11-21H2,1-9H3,(H,39,40)/t23-,24-,25+,32-,33+,34+,35-,36+/m0/s1. The van der Waals surface area contributed by atoms with Gasteiger partial charge in [-0.05, 0) is 104 Å². The lowest BCUT2D eigenvalue weighted by Crippen LogP contribution is -2.71. The van der Waals surface area contributed by atoms with Crippen LogP contribution in [-0.2, 0) is 19.1 Å². The van der Waals surface area contributed by atoms with E-state index in [0.717, 1.165) is 57.8 Å². The van der Waals surface area contributed by atoms with E-state index in [1.807, 2.05) is 13.8 Å². The Balaban J connectivity index is 1.41. The van der Waals surface area contributed by atoms with Crippen molar-refractivity contribution in [2.75, 3.05) is 0 Å². The Labute approximate surface area is 247 Å². The first kappa shape index (κ1) is 29.4. The van der Waals surface area contributed by atoms with E-state index in [-0.39, 0.29) is 51.7 Å². The van der Waals surface area contributed by atoms with Crippen molar-refractivity contribution >= 4 is 17.7 Å². The van der Waals surface area contributed by atoms with Gasteiger partial charge < -0.3 is 9.84 Å². The van der Waals surface area contributed by atoms with Crippen LogP contribution in [0.5, 0.6) is 0 Å². The second kappa shape index (κ2) is 8.29. The lowest BCUT2D eigenvalue weighted by molar-refractivity contribution is -0.250. The zero-order chi connectivity index (χ0) is 30.2. The molecule has 1 N–H and O–H groups in total. The van der Waals surface area contributed by atoms with Crippen LogP contribution in [-0.4, -0.2) is 28.4 Å². The minimum absolute atomic E-state index is 0.00817. The van der Waals surface area contributed by atoms with Gasteiger partial charge in [-0.25, -0.2) is 0 Å². The first-order valence-electron chi connectivity index (χ1n) is 16.4. The first-order valence-corrected chi connectivity index (χ1v) is 16.4. The molecule has 5 heteroatoms. The summed E-state index contributed by atoms with van der Waals surface area (Å²) in [5.74, 6) is 0.109. The molecule has 5 aliphatic carbocycles. The van der Waals surface area contributed by atoms with Gasteiger partial charge >= 0.3 is 11.9 Å². The number of esters is 1. The van der Waals surface area contributed by atoms with Gasteiger partial charge in [0, 0.05) is 10.8 Å². The van der Waals surface area contributed by atoms with Crippen molar-refractivity contribution in [3.05, 3.63) is 11.6 Å². The second-order valence-electron chi connectivity index (χ2n) is 18.1. The number of fused-ring (bicyclic) bond motifs is 7. The molecule has 8 atom stereocenters. The summed E-state index contributed by atoms with van der Waals surface area (Å²) in [7, 11) is 0. The molecular formula is C36H54O5. The number of carbonyl (C=O) groups is 3. The van der Waals surface area contributed by atoms with E-state index < -0.39 is 27.8 Å². The summed E-state index contributed by atoms with van der Waals surface area (Å²) >= 11 is 0. The van der Waals surface area contributed by atoms with Crippen LogP contribution in [0.2, 0.25) is 0 Å². The highest BCUT2D eigenvalue weighted by Gasteiger charge is 2.74. The summed E-state index contributed by atoms with van der Waals surface area (Å²) in [6, 6.07) is 0. The first-order chi connectivity index (χ1) is 18.7. The molecule has 5 nitrogen and oxygen atoms in total. The van der Waals surface area contributed by atoms with Crippen LogP contribution in [0.4, 0.5) is 0 Å². The predicted molar refractivity (Wildman–Crippen MR) is 159 cm³/mol. The van der Waals surface area contributed by atoms with Crippen molar-refractivity contribution in [2.24, 2.45) is 55.7 Å². The highest BCUT2D eigenvalue weighted by atomic mass is 16.6. The number of hydrogen-bond acceptors (Lipinski definition) is 4. The molecule has 41 heavy (non-hydrogen) atoms. The van der Waals surface area contributed by atoms with Crippen LogP contribution in [0, 0.1) is 55.7 Å². The number of Topliss-reactive ketones (excluding diaryl/α,β-unsaturated/α-hetero) is 1. The van der Waals surface area contributed by atoms with E-state index in [1.165, 1.54) is 5.57 Å². The Morgan fingerprint density at radius 1 is 0.854 bits per heavy atom. The minimum atomic E-state index is -1.05. The molecule has 6 rings (SSSR count). The second-order valence-corrected chi connectivity index (χ2v) is 18.1. The molecule has 1 aliphatic heterocycles. The Bertz CT molecular complexity index is 1240. The van der Waals surface area contributed by atoms with Gasteiger partial charge in [0.15, 0.2) is 11.4 Å².